The second kappa shape index (κ2) is 11.3. The number of halogens is 1. The molecule has 0 fully saturated rings. The number of methoxy groups -OCH3 is 1. The molecule has 12 heteroatoms. The Morgan fingerprint density at radius 1 is 1.26 bits per heavy atom. The van der Waals surface area contributed by atoms with E-state index in [0.717, 1.165) is 0 Å². The minimum atomic E-state index is -0.685. The Bertz CT molecular complexity index is 1540. The van der Waals surface area contributed by atoms with Gasteiger partial charge >= 0.3 is 0 Å². The van der Waals surface area contributed by atoms with Gasteiger partial charge in [0.05, 0.1) is 36.1 Å². The molecule has 2 aliphatic rings. The van der Waals surface area contributed by atoms with Crippen molar-refractivity contribution in [3.05, 3.63) is 82.6 Å². The summed E-state index contributed by atoms with van der Waals surface area (Å²) in [6, 6.07) is 15.0. The number of para-hydroxylation sites is 2. The zero-order chi connectivity index (χ0) is 27.5. The lowest BCUT2D eigenvalue weighted by Crippen LogP contribution is -2.38. The molecule has 0 saturated carbocycles. The van der Waals surface area contributed by atoms with E-state index in [1.807, 2.05) is 6.07 Å². The molecule has 1 amide bonds. The highest BCUT2D eigenvalue weighted by molar-refractivity contribution is 8.01. The van der Waals surface area contributed by atoms with E-state index in [-0.39, 0.29) is 28.8 Å². The second-order valence-corrected chi connectivity index (χ2v) is 10.9. The van der Waals surface area contributed by atoms with Gasteiger partial charge in [0.15, 0.2) is 10.1 Å². The number of thioether (sulfide) groups is 1. The van der Waals surface area contributed by atoms with Crippen molar-refractivity contribution in [2.24, 2.45) is 5.73 Å². The van der Waals surface area contributed by atoms with Gasteiger partial charge in [-0.1, -0.05) is 47.4 Å². The molecule has 0 radical (unpaired) electrons. The van der Waals surface area contributed by atoms with Gasteiger partial charge in [-0.05, 0) is 42.7 Å². The average Bonchev–Trinajstić information content (AvgIpc) is 3.40. The molecule has 1 atom stereocenters. The number of nitrogens with two attached hydrogens (primary N) is 1. The summed E-state index contributed by atoms with van der Waals surface area (Å²) in [7, 11) is 1.53. The lowest BCUT2D eigenvalue weighted by atomic mass is 9.76. The Morgan fingerprint density at radius 3 is 2.77 bits per heavy atom. The van der Waals surface area contributed by atoms with E-state index in [2.05, 4.69) is 21.6 Å². The minimum absolute atomic E-state index is 0.0806. The van der Waals surface area contributed by atoms with Gasteiger partial charge in [-0.15, -0.1) is 10.2 Å². The van der Waals surface area contributed by atoms with Gasteiger partial charge in [-0.2, -0.15) is 5.26 Å². The molecule has 0 bridgehead atoms. The topological polar surface area (TPSA) is 134 Å². The lowest BCUT2D eigenvalue weighted by Gasteiger charge is -2.38. The van der Waals surface area contributed by atoms with Crippen LogP contribution in [0, 0.1) is 17.1 Å². The highest BCUT2D eigenvalue weighted by atomic mass is 32.2. The molecular formula is C27H23FN6O3S2. The number of anilines is 2. The van der Waals surface area contributed by atoms with Crippen LogP contribution >= 0.6 is 23.1 Å². The molecule has 1 aliphatic carbocycles. The summed E-state index contributed by atoms with van der Waals surface area (Å²) in [6.45, 7) is 0. The van der Waals surface area contributed by atoms with Crippen molar-refractivity contribution in [1.82, 2.24) is 10.2 Å². The van der Waals surface area contributed by atoms with Crippen LogP contribution in [0.5, 0.6) is 5.75 Å². The van der Waals surface area contributed by atoms with E-state index in [9.17, 15) is 19.2 Å². The highest BCUT2D eigenvalue weighted by Gasteiger charge is 2.41. The number of carbonyl (C=O) groups excluding carboxylic acids is 2. The fourth-order valence-electron chi connectivity index (χ4n) is 4.71. The van der Waals surface area contributed by atoms with Gasteiger partial charge in [0, 0.05) is 17.7 Å². The number of allylic oxidation sites excluding steroid dienone is 3. The smallest absolute Gasteiger partial charge is 0.234 e. The Kier molecular flexibility index (Phi) is 7.63. The highest BCUT2D eigenvalue weighted by Crippen LogP contribution is 2.47. The van der Waals surface area contributed by atoms with Crippen molar-refractivity contribution in [3.8, 4) is 11.8 Å². The molecule has 5 rings (SSSR count). The number of nitriles is 1. The van der Waals surface area contributed by atoms with Crippen LogP contribution in [-0.4, -0.2) is 34.8 Å². The van der Waals surface area contributed by atoms with E-state index in [0.29, 0.717) is 57.0 Å². The number of nitrogens with one attached hydrogen (secondary N) is 1. The molecular weight excluding hydrogens is 539 g/mol. The SMILES string of the molecule is COc1ccccc1NC(=O)CSc1nnc(N2C(N)=C(C#N)C(c3ccc(F)cc3)C3=C2CCCC3=O)s1. The molecule has 0 spiro atoms. The van der Waals surface area contributed by atoms with Crippen LogP contribution in [-0.2, 0) is 9.59 Å². The number of amides is 1. The fourth-order valence-corrected chi connectivity index (χ4v) is 6.39. The molecule has 9 nitrogen and oxygen atoms in total. The molecule has 2 heterocycles. The van der Waals surface area contributed by atoms with Gasteiger partial charge in [0.25, 0.3) is 0 Å². The van der Waals surface area contributed by atoms with Gasteiger partial charge in [-0.25, -0.2) is 4.39 Å². The van der Waals surface area contributed by atoms with Crippen LogP contribution in [0.1, 0.15) is 30.7 Å². The number of rotatable bonds is 7. The number of ether oxygens (including phenoxy) is 1. The largest absolute Gasteiger partial charge is 0.495 e. The quantitative estimate of drug-likeness (QED) is 0.392. The lowest BCUT2D eigenvalue weighted by molar-refractivity contribution is -0.116. The normalized spacial score (nSPS) is 17.1. The molecule has 3 aromatic rings. The van der Waals surface area contributed by atoms with Gasteiger partial charge in [-0.3, -0.25) is 14.5 Å². The predicted octanol–water partition coefficient (Wildman–Crippen LogP) is 4.72. The maximum atomic E-state index is 13.6. The monoisotopic (exact) mass is 562 g/mol. The van der Waals surface area contributed by atoms with E-state index in [1.54, 1.807) is 35.2 Å². The number of hydrogen-bond acceptors (Lipinski definition) is 10. The van der Waals surface area contributed by atoms with Crippen molar-refractivity contribution in [2.75, 3.05) is 23.1 Å². The van der Waals surface area contributed by atoms with E-state index < -0.39 is 11.7 Å². The molecule has 1 aliphatic heterocycles. The van der Waals surface area contributed by atoms with Crippen molar-refractivity contribution in [2.45, 2.75) is 29.5 Å². The summed E-state index contributed by atoms with van der Waals surface area (Å²) < 4.78 is 19.4. The van der Waals surface area contributed by atoms with Gasteiger partial charge < -0.3 is 15.8 Å². The van der Waals surface area contributed by atoms with Crippen LogP contribution < -0.4 is 20.7 Å². The van der Waals surface area contributed by atoms with Crippen molar-refractivity contribution in [3.63, 3.8) is 0 Å². The summed E-state index contributed by atoms with van der Waals surface area (Å²) in [6.07, 6.45) is 1.53. The van der Waals surface area contributed by atoms with Crippen molar-refractivity contribution < 1.29 is 18.7 Å². The molecule has 1 aromatic heterocycles. The summed E-state index contributed by atoms with van der Waals surface area (Å²) in [5.74, 6) is -0.623. The number of benzene rings is 2. The number of aromatic nitrogens is 2. The van der Waals surface area contributed by atoms with Crippen LogP contribution in [0.15, 0.2) is 75.5 Å². The molecule has 198 valence electrons. The van der Waals surface area contributed by atoms with Gasteiger partial charge in [0.1, 0.15) is 17.4 Å². The Balaban J connectivity index is 1.41. The number of carbonyl (C=O) groups is 2. The summed E-state index contributed by atoms with van der Waals surface area (Å²) in [5, 5.41) is 21.8. The third-order valence-corrected chi connectivity index (χ3v) is 8.45. The Morgan fingerprint density at radius 2 is 2.03 bits per heavy atom. The van der Waals surface area contributed by atoms with E-state index in [1.165, 1.54) is 42.3 Å². The average molecular weight is 563 g/mol. The van der Waals surface area contributed by atoms with Crippen LogP contribution in [0.25, 0.3) is 0 Å². The first kappa shape index (κ1) is 26.4. The molecule has 3 N–H and O–H groups in total. The second-order valence-electron chi connectivity index (χ2n) is 8.76. The standard InChI is InChI=1S/C27H23FN6O3S2/c1-37-21-8-3-2-5-18(21)31-22(36)14-38-27-33-32-26(39-27)34-19-6-4-7-20(35)24(19)23(17(13-29)25(34)30)15-9-11-16(28)12-10-15/h2-3,5,8-12,23H,4,6-7,14,30H2,1H3,(H,31,36). The predicted molar refractivity (Wildman–Crippen MR) is 147 cm³/mol. The maximum absolute atomic E-state index is 13.6. The first-order valence-corrected chi connectivity index (χ1v) is 13.8. The summed E-state index contributed by atoms with van der Waals surface area (Å²) >= 11 is 2.42. The Hall–Kier alpha value is -4.21. The number of nitrogens with zero attached hydrogens (tertiary/aromatic N) is 4. The number of hydrogen-bond donors (Lipinski definition) is 2. The summed E-state index contributed by atoms with van der Waals surface area (Å²) in [4.78, 5) is 27.3. The molecule has 0 saturated heterocycles. The maximum Gasteiger partial charge on any atom is 0.234 e. The van der Waals surface area contributed by atoms with E-state index in [4.69, 9.17) is 10.5 Å². The Labute approximate surface area is 232 Å². The molecule has 1 unspecified atom stereocenters. The van der Waals surface area contributed by atoms with Crippen LogP contribution in [0.2, 0.25) is 0 Å². The fraction of sp³-hybridized carbons (Fsp3) is 0.222. The number of ketones is 1. The minimum Gasteiger partial charge on any atom is -0.495 e. The zero-order valence-corrected chi connectivity index (χ0v) is 22.4. The van der Waals surface area contributed by atoms with Gasteiger partial charge in [0.2, 0.25) is 11.0 Å². The zero-order valence-electron chi connectivity index (χ0n) is 20.8. The first-order valence-electron chi connectivity index (χ1n) is 12.0. The van der Waals surface area contributed by atoms with E-state index >= 15 is 0 Å². The summed E-state index contributed by atoms with van der Waals surface area (Å²) in [5.41, 5.74) is 9.05. The third-order valence-electron chi connectivity index (χ3n) is 6.41. The molecule has 39 heavy (non-hydrogen) atoms. The van der Waals surface area contributed by atoms with Crippen molar-refractivity contribution >= 4 is 45.6 Å². The van der Waals surface area contributed by atoms with Crippen molar-refractivity contribution in [1.29, 1.82) is 5.26 Å². The number of Topliss-reactive ketones (excluding diaryl/α,β-unsaturated/α-hetero) is 1. The first-order chi connectivity index (χ1) is 18.9. The van der Waals surface area contributed by atoms with Crippen LogP contribution in [0.4, 0.5) is 15.2 Å². The molecule has 2 aromatic carbocycles. The third kappa shape index (κ3) is 5.23. The van der Waals surface area contributed by atoms with Crippen LogP contribution in [0.3, 0.4) is 0 Å².